The highest BCUT2D eigenvalue weighted by Crippen LogP contribution is 2.28. The molecule has 1 heterocycles. The molecule has 1 aromatic heterocycles. The van der Waals surface area contributed by atoms with Gasteiger partial charge in [0.05, 0.1) is 10.4 Å². The Hall–Kier alpha value is 0.240. The van der Waals surface area contributed by atoms with Gasteiger partial charge in [-0.25, -0.2) is 0 Å². The highest BCUT2D eigenvalue weighted by Gasteiger charge is 2.08. The molecule has 0 radical (unpaired) electrons. The van der Waals surface area contributed by atoms with Crippen LogP contribution in [0.3, 0.4) is 0 Å². The third-order valence-electron chi connectivity index (χ3n) is 1.30. The molecule has 0 saturated carbocycles. The maximum atomic E-state index is 9.40. The van der Waals surface area contributed by atoms with E-state index in [1.54, 1.807) is 6.07 Å². The molecular weight excluding hydrogens is 203 g/mol. The van der Waals surface area contributed by atoms with Crippen molar-refractivity contribution in [3.8, 4) is 0 Å². The number of hydrogen-bond acceptors (Lipinski definition) is 2. The van der Waals surface area contributed by atoms with Crippen molar-refractivity contribution in [1.82, 2.24) is 0 Å². The summed E-state index contributed by atoms with van der Waals surface area (Å²) in [5, 5.41) is 9.40. The van der Waals surface area contributed by atoms with Crippen LogP contribution in [0, 0.1) is 0 Å². The van der Waals surface area contributed by atoms with Crippen LogP contribution in [0.5, 0.6) is 0 Å². The minimum atomic E-state index is -0.454. The molecule has 0 aromatic carbocycles. The zero-order valence-corrected chi connectivity index (χ0v) is 8.09. The van der Waals surface area contributed by atoms with Crippen LogP contribution in [0.4, 0.5) is 0 Å². The first-order valence-corrected chi connectivity index (χ1v) is 4.96. The lowest BCUT2D eigenvalue weighted by Crippen LogP contribution is -1.93. The monoisotopic (exact) mass is 210 g/mol. The van der Waals surface area contributed by atoms with Gasteiger partial charge in [0.25, 0.3) is 0 Å². The molecule has 0 aliphatic carbocycles. The van der Waals surface area contributed by atoms with Crippen molar-refractivity contribution >= 4 is 34.5 Å². The van der Waals surface area contributed by atoms with Crippen molar-refractivity contribution in [2.75, 3.05) is 5.88 Å². The minimum absolute atomic E-state index is 0.454. The van der Waals surface area contributed by atoms with E-state index in [-0.39, 0.29) is 0 Å². The van der Waals surface area contributed by atoms with Gasteiger partial charge in [-0.3, -0.25) is 0 Å². The number of aliphatic hydroxyl groups excluding tert-OH is 1. The molecule has 0 fully saturated rings. The Balaban J connectivity index is 2.60. The highest BCUT2D eigenvalue weighted by molar-refractivity contribution is 7.16. The molecule has 0 unspecified atom stereocenters. The lowest BCUT2D eigenvalue weighted by atomic mass is 10.2. The van der Waals surface area contributed by atoms with Gasteiger partial charge in [-0.05, 0) is 18.6 Å². The van der Waals surface area contributed by atoms with Crippen molar-refractivity contribution in [1.29, 1.82) is 0 Å². The van der Waals surface area contributed by atoms with Crippen LogP contribution in [-0.4, -0.2) is 11.0 Å². The molecule has 0 spiro atoms. The van der Waals surface area contributed by atoms with E-state index in [0.29, 0.717) is 16.6 Å². The summed E-state index contributed by atoms with van der Waals surface area (Å²) in [7, 11) is 0. The first-order valence-electron chi connectivity index (χ1n) is 3.23. The van der Waals surface area contributed by atoms with Crippen LogP contribution in [0.1, 0.15) is 17.4 Å². The SMILES string of the molecule is O[C@@H](CCCl)c1ccc(Cl)s1. The van der Waals surface area contributed by atoms with Gasteiger partial charge in [0.1, 0.15) is 0 Å². The van der Waals surface area contributed by atoms with Crippen molar-refractivity contribution in [3.05, 3.63) is 21.3 Å². The second-order valence-electron chi connectivity index (χ2n) is 2.14. The average Bonchev–Trinajstić information content (AvgIpc) is 2.36. The van der Waals surface area contributed by atoms with Crippen molar-refractivity contribution < 1.29 is 5.11 Å². The quantitative estimate of drug-likeness (QED) is 0.761. The number of alkyl halides is 1. The fraction of sp³-hybridized carbons (Fsp3) is 0.429. The van der Waals surface area contributed by atoms with Gasteiger partial charge in [-0.1, -0.05) is 11.6 Å². The standard InChI is InChI=1S/C7H8Cl2OS/c8-4-3-5(10)6-1-2-7(9)11-6/h1-2,5,10H,3-4H2/t5-/m0/s1. The summed E-state index contributed by atoms with van der Waals surface area (Å²) in [5.74, 6) is 0.469. The summed E-state index contributed by atoms with van der Waals surface area (Å²) >= 11 is 12.5. The smallest absolute Gasteiger partial charge is 0.0932 e. The first-order chi connectivity index (χ1) is 5.24. The first kappa shape index (κ1) is 9.33. The van der Waals surface area contributed by atoms with Crippen LogP contribution in [-0.2, 0) is 0 Å². The molecule has 0 amide bonds. The van der Waals surface area contributed by atoms with E-state index in [1.807, 2.05) is 6.07 Å². The summed E-state index contributed by atoms with van der Waals surface area (Å²) in [4.78, 5) is 0.885. The van der Waals surface area contributed by atoms with Crippen LogP contribution < -0.4 is 0 Å². The lowest BCUT2D eigenvalue weighted by Gasteiger charge is -2.03. The lowest BCUT2D eigenvalue weighted by molar-refractivity contribution is 0.178. The van der Waals surface area contributed by atoms with Crippen molar-refractivity contribution in [2.24, 2.45) is 0 Å². The molecule has 1 nitrogen and oxygen atoms in total. The van der Waals surface area contributed by atoms with Gasteiger partial charge < -0.3 is 5.11 Å². The third kappa shape index (κ3) is 2.64. The van der Waals surface area contributed by atoms with Crippen LogP contribution in [0.15, 0.2) is 12.1 Å². The second-order valence-corrected chi connectivity index (χ2v) is 4.26. The summed E-state index contributed by atoms with van der Waals surface area (Å²) in [6.07, 6.45) is 0.128. The Kier molecular flexibility index (Phi) is 3.66. The average molecular weight is 211 g/mol. The molecule has 0 aliphatic rings. The van der Waals surface area contributed by atoms with E-state index in [4.69, 9.17) is 23.2 Å². The summed E-state index contributed by atoms with van der Waals surface area (Å²) < 4.78 is 0.702. The molecule has 1 rings (SSSR count). The van der Waals surface area contributed by atoms with Gasteiger partial charge in [0, 0.05) is 10.8 Å². The Labute approximate surface area is 79.6 Å². The topological polar surface area (TPSA) is 20.2 Å². The van der Waals surface area contributed by atoms with E-state index in [2.05, 4.69) is 0 Å². The Morgan fingerprint density at radius 2 is 2.27 bits per heavy atom. The van der Waals surface area contributed by atoms with Gasteiger partial charge in [-0.2, -0.15) is 0 Å². The van der Waals surface area contributed by atoms with Gasteiger partial charge >= 0.3 is 0 Å². The molecule has 1 atom stereocenters. The van der Waals surface area contributed by atoms with Crippen LogP contribution >= 0.6 is 34.5 Å². The van der Waals surface area contributed by atoms with Crippen molar-refractivity contribution in [2.45, 2.75) is 12.5 Å². The zero-order chi connectivity index (χ0) is 8.27. The molecular formula is C7H8Cl2OS. The summed E-state index contributed by atoms with van der Waals surface area (Å²) in [6.45, 7) is 0. The molecule has 1 aromatic rings. The number of thiophene rings is 1. The van der Waals surface area contributed by atoms with E-state index in [1.165, 1.54) is 11.3 Å². The number of rotatable bonds is 3. The minimum Gasteiger partial charge on any atom is -0.388 e. The molecule has 1 N–H and O–H groups in total. The Morgan fingerprint density at radius 3 is 2.73 bits per heavy atom. The van der Waals surface area contributed by atoms with E-state index < -0.39 is 6.10 Å². The summed E-state index contributed by atoms with van der Waals surface area (Å²) in [5.41, 5.74) is 0. The number of hydrogen-bond donors (Lipinski definition) is 1. The maximum absolute atomic E-state index is 9.40. The predicted molar refractivity (Wildman–Crippen MR) is 49.6 cm³/mol. The predicted octanol–water partition coefficient (Wildman–Crippen LogP) is 3.06. The van der Waals surface area contributed by atoms with Crippen LogP contribution in [0.25, 0.3) is 0 Å². The molecule has 62 valence electrons. The van der Waals surface area contributed by atoms with Gasteiger partial charge in [0.15, 0.2) is 0 Å². The van der Waals surface area contributed by atoms with Gasteiger partial charge in [-0.15, -0.1) is 22.9 Å². The third-order valence-corrected chi connectivity index (χ3v) is 2.86. The zero-order valence-electron chi connectivity index (χ0n) is 5.76. The van der Waals surface area contributed by atoms with Gasteiger partial charge in [0.2, 0.25) is 0 Å². The number of halogens is 2. The maximum Gasteiger partial charge on any atom is 0.0932 e. The van der Waals surface area contributed by atoms with E-state index >= 15 is 0 Å². The second kappa shape index (κ2) is 4.31. The van der Waals surface area contributed by atoms with Crippen LogP contribution in [0.2, 0.25) is 4.34 Å². The number of aliphatic hydroxyl groups is 1. The molecule has 0 aliphatic heterocycles. The Bertz CT molecular complexity index is 224. The molecule has 11 heavy (non-hydrogen) atoms. The summed E-state index contributed by atoms with van der Waals surface area (Å²) in [6, 6.07) is 3.60. The Morgan fingerprint density at radius 1 is 1.55 bits per heavy atom. The van der Waals surface area contributed by atoms with Crippen molar-refractivity contribution in [3.63, 3.8) is 0 Å². The van der Waals surface area contributed by atoms with E-state index in [9.17, 15) is 5.11 Å². The highest BCUT2D eigenvalue weighted by atomic mass is 35.5. The molecule has 0 saturated heterocycles. The normalized spacial score (nSPS) is 13.4. The fourth-order valence-electron chi connectivity index (χ4n) is 0.753. The fourth-order valence-corrected chi connectivity index (χ4v) is 2.04. The van der Waals surface area contributed by atoms with E-state index in [0.717, 1.165) is 4.88 Å². The molecule has 4 heteroatoms. The largest absolute Gasteiger partial charge is 0.388 e. The molecule has 0 bridgehead atoms.